The van der Waals surface area contributed by atoms with Gasteiger partial charge in [-0.3, -0.25) is 4.79 Å². The lowest BCUT2D eigenvalue weighted by Gasteiger charge is -2.31. The van der Waals surface area contributed by atoms with Crippen LogP contribution in [0.2, 0.25) is 5.02 Å². The van der Waals surface area contributed by atoms with Crippen molar-refractivity contribution in [1.82, 2.24) is 9.29 Å². The van der Waals surface area contributed by atoms with Crippen LogP contribution in [0.4, 0.5) is 15.3 Å². The van der Waals surface area contributed by atoms with Crippen LogP contribution in [-0.4, -0.2) is 42.6 Å². The topological polar surface area (TPSA) is 105 Å². The summed E-state index contributed by atoms with van der Waals surface area (Å²) in [4.78, 5) is 17.3. The fourth-order valence-corrected chi connectivity index (χ4v) is 6.20. The number of nitrogen functional groups attached to an aromatic ring is 1. The highest BCUT2D eigenvalue weighted by molar-refractivity contribution is 7.89. The van der Waals surface area contributed by atoms with E-state index in [1.807, 2.05) is 0 Å². The van der Waals surface area contributed by atoms with Crippen LogP contribution in [-0.2, 0) is 10.0 Å². The van der Waals surface area contributed by atoms with Gasteiger partial charge in [0.1, 0.15) is 16.5 Å². The van der Waals surface area contributed by atoms with E-state index in [0.29, 0.717) is 36.1 Å². The minimum atomic E-state index is -3.62. The van der Waals surface area contributed by atoms with Crippen molar-refractivity contribution < 1.29 is 17.6 Å². The minimum absolute atomic E-state index is 0.0246. The van der Waals surface area contributed by atoms with E-state index in [4.69, 9.17) is 17.3 Å². The van der Waals surface area contributed by atoms with Crippen LogP contribution >= 0.6 is 22.9 Å². The van der Waals surface area contributed by atoms with Gasteiger partial charge in [0, 0.05) is 29.7 Å². The molecule has 2 heterocycles. The Morgan fingerprint density at radius 3 is 2.59 bits per heavy atom. The lowest BCUT2D eigenvalue weighted by molar-refractivity contribution is 0.104. The SMILES string of the molecule is Nc1nc(NC2CCN(S(=O)(=O)c3cccc(Cl)c3)CC2)sc1C(=O)c1cccc(F)c1. The molecule has 0 atom stereocenters. The first-order valence-electron chi connectivity index (χ1n) is 9.83. The van der Waals surface area contributed by atoms with Gasteiger partial charge in [-0.15, -0.1) is 0 Å². The minimum Gasteiger partial charge on any atom is -0.382 e. The van der Waals surface area contributed by atoms with Crippen LogP contribution in [0.15, 0.2) is 53.4 Å². The molecule has 0 bridgehead atoms. The van der Waals surface area contributed by atoms with E-state index < -0.39 is 21.6 Å². The molecule has 168 valence electrons. The van der Waals surface area contributed by atoms with Crippen molar-refractivity contribution in [2.24, 2.45) is 0 Å². The number of halogens is 2. The molecule has 32 heavy (non-hydrogen) atoms. The van der Waals surface area contributed by atoms with Gasteiger partial charge < -0.3 is 11.1 Å². The number of carbonyl (C=O) groups is 1. The summed E-state index contributed by atoms with van der Waals surface area (Å²) >= 11 is 7.04. The predicted octanol–water partition coefficient (Wildman–Crippen LogP) is 4.01. The van der Waals surface area contributed by atoms with Gasteiger partial charge in [0.2, 0.25) is 15.8 Å². The standard InChI is InChI=1S/C21H20ClFN4O3S2/c22-14-4-2-6-17(12-14)32(29,30)27-9-7-16(8-10-27)25-21-26-20(24)19(31-21)18(28)13-3-1-5-15(23)11-13/h1-6,11-12,16H,7-10,24H2,(H,25,26). The monoisotopic (exact) mass is 494 g/mol. The average molecular weight is 495 g/mol. The molecule has 0 unspecified atom stereocenters. The fourth-order valence-electron chi connectivity index (χ4n) is 3.51. The van der Waals surface area contributed by atoms with Gasteiger partial charge in [-0.05, 0) is 43.2 Å². The lowest BCUT2D eigenvalue weighted by atomic mass is 10.1. The molecule has 7 nitrogen and oxygen atoms in total. The average Bonchev–Trinajstić information content (AvgIpc) is 3.13. The highest BCUT2D eigenvalue weighted by atomic mass is 35.5. The number of carbonyl (C=O) groups excluding carboxylic acids is 1. The summed E-state index contributed by atoms with van der Waals surface area (Å²) in [6, 6.07) is 11.6. The second kappa shape index (κ2) is 9.14. The third-order valence-corrected chi connectivity index (χ3v) is 8.29. The molecule has 1 aromatic heterocycles. The Morgan fingerprint density at radius 1 is 1.19 bits per heavy atom. The third kappa shape index (κ3) is 4.78. The Labute approximate surface area is 194 Å². The summed E-state index contributed by atoms with van der Waals surface area (Å²) in [5.74, 6) is -0.820. The van der Waals surface area contributed by atoms with Gasteiger partial charge in [0.15, 0.2) is 5.13 Å². The molecule has 3 aromatic rings. The normalized spacial score (nSPS) is 15.6. The predicted molar refractivity (Wildman–Crippen MR) is 123 cm³/mol. The van der Waals surface area contributed by atoms with Crippen molar-refractivity contribution in [2.45, 2.75) is 23.8 Å². The van der Waals surface area contributed by atoms with Crippen molar-refractivity contribution in [2.75, 3.05) is 24.1 Å². The van der Waals surface area contributed by atoms with Gasteiger partial charge in [-0.25, -0.2) is 17.8 Å². The smallest absolute Gasteiger partial charge is 0.243 e. The number of aromatic nitrogens is 1. The van der Waals surface area contributed by atoms with Crippen molar-refractivity contribution in [3.63, 3.8) is 0 Å². The van der Waals surface area contributed by atoms with Crippen molar-refractivity contribution in [3.05, 3.63) is 69.8 Å². The fraction of sp³-hybridized carbons (Fsp3) is 0.238. The van der Waals surface area contributed by atoms with E-state index in [1.54, 1.807) is 12.1 Å². The van der Waals surface area contributed by atoms with Gasteiger partial charge in [-0.2, -0.15) is 4.31 Å². The molecule has 2 aromatic carbocycles. The first-order valence-corrected chi connectivity index (χ1v) is 12.5. The summed E-state index contributed by atoms with van der Waals surface area (Å²) in [5.41, 5.74) is 6.13. The number of hydrogen-bond acceptors (Lipinski definition) is 7. The zero-order valence-corrected chi connectivity index (χ0v) is 19.2. The molecular weight excluding hydrogens is 475 g/mol. The Balaban J connectivity index is 1.41. The molecule has 0 saturated carbocycles. The van der Waals surface area contributed by atoms with E-state index in [1.165, 1.54) is 34.6 Å². The molecule has 11 heteroatoms. The lowest BCUT2D eigenvalue weighted by Crippen LogP contribution is -2.42. The van der Waals surface area contributed by atoms with Crippen LogP contribution in [0.25, 0.3) is 0 Å². The molecular formula is C21H20ClFN4O3S2. The van der Waals surface area contributed by atoms with Crippen molar-refractivity contribution >= 4 is 49.7 Å². The number of thiazole rings is 1. The van der Waals surface area contributed by atoms with Crippen molar-refractivity contribution in [3.8, 4) is 0 Å². The molecule has 1 saturated heterocycles. The molecule has 0 amide bonds. The maximum atomic E-state index is 13.4. The molecule has 3 N–H and O–H groups in total. The molecule has 1 aliphatic rings. The van der Waals surface area contributed by atoms with Crippen LogP contribution in [0.3, 0.4) is 0 Å². The largest absolute Gasteiger partial charge is 0.382 e. The summed E-state index contributed by atoms with van der Waals surface area (Å²) in [6.45, 7) is 0.672. The number of nitrogens with two attached hydrogens (primary N) is 1. The zero-order chi connectivity index (χ0) is 22.9. The van der Waals surface area contributed by atoms with Crippen LogP contribution in [0, 0.1) is 5.82 Å². The first-order chi connectivity index (χ1) is 15.2. The summed E-state index contributed by atoms with van der Waals surface area (Å²) in [5, 5.41) is 4.08. The van der Waals surface area contributed by atoms with Gasteiger partial charge in [0.05, 0.1) is 4.90 Å². The maximum Gasteiger partial charge on any atom is 0.243 e. The maximum absolute atomic E-state index is 13.4. The molecule has 0 radical (unpaired) electrons. The number of rotatable bonds is 6. The highest BCUT2D eigenvalue weighted by Crippen LogP contribution is 2.30. The van der Waals surface area contributed by atoms with Crippen LogP contribution in [0.5, 0.6) is 0 Å². The highest BCUT2D eigenvalue weighted by Gasteiger charge is 2.30. The zero-order valence-electron chi connectivity index (χ0n) is 16.8. The summed E-state index contributed by atoms with van der Waals surface area (Å²) < 4.78 is 40.6. The number of sulfonamides is 1. The van der Waals surface area contributed by atoms with Gasteiger partial charge in [0.25, 0.3) is 0 Å². The summed E-state index contributed by atoms with van der Waals surface area (Å²) in [6.07, 6.45) is 1.12. The summed E-state index contributed by atoms with van der Waals surface area (Å²) in [7, 11) is -3.62. The number of ketones is 1. The number of hydrogen-bond donors (Lipinski definition) is 2. The Kier molecular flexibility index (Phi) is 6.47. The van der Waals surface area contributed by atoms with E-state index in [9.17, 15) is 17.6 Å². The van der Waals surface area contributed by atoms with Gasteiger partial charge in [-0.1, -0.05) is 41.1 Å². The quantitative estimate of drug-likeness (QED) is 0.501. The van der Waals surface area contributed by atoms with E-state index in [-0.39, 0.29) is 27.2 Å². The number of nitrogens with zero attached hydrogens (tertiary/aromatic N) is 2. The Bertz CT molecular complexity index is 1260. The molecule has 4 rings (SSSR count). The number of anilines is 2. The van der Waals surface area contributed by atoms with E-state index in [0.717, 1.165) is 17.4 Å². The molecule has 1 aliphatic heterocycles. The Morgan fingerprint density at radius 2 is 1.91 bits per heavy atom. The molecule has 1 fully saturated rings. The number of benzene rings is 2. The number of piperidine rings is 1. The third-order valence-electron chi connectivity index (χ3n) is 5.16. The number of nitrogens with one attached hydrogen (secondary N) is 1. The second-order valence-corrected chi connectivity index (χ2v) is 10.7. The van der Waals surface area contributed by atoms with E-state index >= 15 is 0 Å². The Hall–Kier alpha value is -2.53. The van der Waals surface area contributed by atoms with Gasteiger partial charge >= 0.3 is 0 Å². The first kappa shape index (κ1) is 22.7. The van der Waals surface area contributed by atoms with Crippen LogP contribution in [0.1, 0.15) is 28.1 Å². The van der Waals surface area contributed by atoms with Crippen molar-refractivity contribution in [1.29, 1.82) is 0 Å². The van der Waals surface area contributed by atoms with E-state index in [2.05, 4.69) is 10.3 Å². The molecule has 0 aliphatic carbocycles. The molecule has 0 spiro atoms. The van der Waals surface area contributed by atoms with Crippen LogP contribution < -0.4 is 11.1 Å². The second-order valence-electron chi connectivity index (χ2n) is 7.35.